The van der Waals surface area contributed by atoms with E-state index in [-0.39, 0.29) is 11.1 Å². The molecule has 0 aromatic carbocycles. The Morgan fingerprint density at radius 2 is 1.83 bits per heavy atom. The van der Waals surface area contributed by atoms with Crippen molar-refractivity contribution in [3.8, 4) is 0 Å². The highest BCUT2D eigenvalue weighted by atomic mass is 16.1. The smallest absolute Gasteiger partial charge is 0.290 e. The van der Waals surface area contributed by atoms with Crippen LogP contribution in [-0.2, 0) is 18.5 Å². The van der Waals surface area contributed by atoms with Crippen molar-refractivity contribution in [2.24, 2.45) is 5.92 Å². The summed E-state index contributed by atoms with van der Waals surface area (Å²) in [6, 6.07) is 0. The summed E-state index contributed by atoms with van der Waals surface area (Å²) in [6.07, 6.45) is 1.85. The Labute approximate surface area is 110 Å². The lowest BCUT2D eigenvalue weighted by Gasteiger charge is -2.25. The molecule has 0 radical (unpaired) electrons. The van der Waals surface area contributed by atoms with Crippen molar-refractivity contribution >= 4 is 5.69 Å². The third kappa shape index (κ3) is 2.79. The molecule has 4 nitrogen and oxygen atoms in total. The summed E-state index contributed by atoms with van der Waals surface area (Å²) in [5.74, 6) is 0.491. The summed E-state index contributed by atoms with van der Waals surface area (Å²) in [5, 5.41) is 0. The number of anilines is 1. The fourth-order valence-electron chi connectivity index (χ4n) is 2.32. The van der Waals surface area contributed by atoms with E-state index in [4.69, 9.17) is 5.73 Å². The second kappa shape index (κ2) is 5.21. The molecule has 0 aliphatic rings. The minimum Gasteiger partial charge on any atom is -0.393 e. The van der Waals surface area contributed by atoms with Crippen molar-refractivity contribution < 1.29 is 0 Å². The van der Waals surface area contributed by atoms with Gasteiger partial charge in [-0.15, -0.1) is 0 Å². The Balaban J connectivity index is 3.47. The lowest BCUT2D eigenvalue weighted by molar-refractivity contribution is 0.276. The van der Waals surface area contributed by atoms with Gasteiger partial charge in [0, 0.05) is 6.54 Å². The first-order valence-electron chi connectivity index (χ1n) is 6.80. The molecule has 0 spiro atoms. The fraction of sp³-hybridized carbons (Fsp3) is 0.786. The van der Waals surface area contributed by atoms with Crippen LogP contribution >= 0.6 is 0 Å². The summed E-state index contributed by atoms with van der Waals surface area (Å²) in [5.41, 5.74) is 7.15. The van der Waals surface area contributed by atoms with Crippen molar-refractivity contribution in [3.63, 3.8) is 0 Å². The van der Waals surface area contributed by atoms with Crippen molar-refractivity contribution in [2.45, 2.75) is 66.5 Å². The van der Waals surface area contributed by atoms with Crippen molar-refractivity contribution in [1.29, 1.82) is 0 Å². The second-order valence-corrected chi connectivity index (χ2v) is 6.37. The van der Waals surface area contributed by atoms with E-state index >= 15 is 0 Å². The highest BCUT2D eigenvalue weighted by molar-refractivity contribution is 5.42. The topological polar surface area (TPSA) is 52.9 Å². The van der Waals surface area contributed by atoms with Crippen LogP contribution in [0.25, 0.3) is 0 Å². The van der Waals surface area contributed by atoms with Gasteiger partial charge in [-0.3, -0.25) is 9.48 Å². The van der Waals surface area contributed by atoms with Crippen LogP contribution in [0.2, 0.25) is 0 Å². The third-order valence-electron chi connectivity index (χ3n) is 2.96. The van der Waals surface area contributed by atoms with Crippen molar-refractivity contribution in [3.05, 3.63) is 16.0 Å². The van der Waals surface area contributed by atoms with E-state index in [0.717, 1.165) is 25.1 Å². The molecule has 0 aliphatic carbocycles. The maximum absolute atomic E-state index is 12.3. The van der Waals surface area contributed by atoms with Crippen LogP contribution in [0, 0.1) is 5.92 Å². The predicted molar refractivity (Wildman–Crippen MR) is 76.9 cm³/mol. The van der Waals surface area contributed by atoms with Gasteiger partial charge in [0.15, 0.2) is 0 Å². The molecule has 0 unspecified atom stereocenters. The van der Waals surface area contributed by atoms with Gasteiger partial charge in [0.2, 0.25) is 0 Å². The van der Waals surface area contributed by atoms with E-state index in [1.54, 1.807) is 0 Å². The summed E-state index contributed by atoms with van der Waals surface area (Å²) < 4.78 is 3.89. The lowest BCUT2D eigenvalue weighted by Crippen LogP contribution is -2.37. The van der Waals surface area contributed by atoms with Gasteiger partial charge in [-0.1, -0.05) is 20.8 Å². The first-order chi connectivity index (χ1) is 8.20. The van der Waals surface area contributed by atoms with Gasteiger partial charge in [-0.05, 0) is 39.5 Å². The van der Waals surface area contributed by atoms with Crippen LogP contribution in [0.5, 0.6) is 0 Å². The van der Waals surface area contributed by atoms with Crippen molar-refractivity contribution in [1.82, 2.24) is 9.36 Å². The normalized spacial score (nSPS) is 12.4. The first-order valence-corrected chi connectivity index (χ1v) is 6.80. The molecule has 1 aromatic heterocycles. The van der Waals surface area contributed by atoms with Crippen LogP contribution in [0.3, 0.4) is 0 Å². The van der Waals surface area contributed by atoms with E-state index in [1.165, 1.54) is 0 Å². The average molecular weight is 253 g/mol. The zero-order valence-electron chi connectivity index (χ0n) is 12.6. The molecule has 0 aliphatic heterocycles. The van der Waals surface area contributed by atoms with Crippen LogP contribution < -0.4 is 11.3 Å². The average Bonchev–Trinajstić information content (AvgIpc) is 2.42. The fourth-order valence-corrected chi connectivity index (χ4v) is 2.32. The number of nitrogens with zero attached hydrogens (tertiary/aromatic N) is 2. The number of hydrogen-bond acceptors (Lipinski definition) is 2. The number of hydrogen-bond donors (Lipinski definition) is 1. The van der Waals surface area contributed by atoms with Gasteiger partial charge in [0.1, 0.15) is 5.69 Å². The molecular weight excluding hydrogens is 226 g/mol. The Kier molecular flexibility index (Phi) is 4.30. The molecule has 0 bridgehead atoms. The molecule has 1 aromatic rings. The molecule has 1 heterocycles. The molecular formula is C14H27N3O. The minimum atomic E-state index is -0.240. The van der Waals surface area contributed by atoms with Crippen LogP contribution in [-0.4, -0.2) is 9.36 Å². The molecule has 104 valence electrons. The number of nitrogens with two attached hydrogens (primary N) is 1. The van der Waals surface area contributed by atoms with Crippen molar-refractivity contribution in [2.75, 3.05) is 5.73 Å². The highest BCUT2D eigenvalue weighted by Gasteiger charge is 2.25. The molecule has 1 rings (SSSR count). The summed E-state index contributed by atoms with van der Waals surface area (Å²) >= 11 is 0. The van der Waals surface area contributed by atoms with Gasteiger partial charge in [0.05, 0.1) is 11.2 Å². The molecule has 0 amide bonds. The molecule has 18 heavy (non-hydrogen) atoms. The molecule has 0 atom stereocenters. The molecule has 0 saturated heterocycles. The Morgan fingerprint density at radius 3 is 2.22 bits per heavy atom. The maximum atomic E-state index is 12.3. The molecule has 0 fully saturated rings. The van der Waals surface area contributed by atoms with E-state index in [9.17, 15) is 4.79 Å². The zero-order valence-corrected chi connectivity index (χ0v) is 12.6. The third-order valence-corrected chi connectivity index (χ3v) is 2.96. The lowest BCUT2D eigenvalue weighted by atomic mass is 10.1. The van der Waals surface area contributed by atoms with Gasteiger partial charge < -0.3 is 5.73 Å². The van der Waals surface area contributed by atoms with Gasteiger partial charge in [-0.2, -0.15) is 0 Å². The Bertz CT molecular complexity index is 461. The van der Waals surface area contributed by atoms with Crippen LogP contribution in [0.15, 0.2) is 4.79 Å². The van der Waals surface area contributed by atoms with Gasteiger partial charge >= 0.3 is 0 Å². The Morgan fingerprint density at radius 1 is 1.28 bits per heavy atom. The van der Waals surface area contributed by atoms with E-state index in [1.807, 2.05) is 25.5 Å². The standard InChI is InChI=1S/C14H27N3O/c1-7-8-16-11(9-10(2)3)12(15)13(18)17(16)14(4,5)6/h10H,7-9,15H2,1-6H3. The van der Waals surface area contributed by atoms with Gasteiger partial charge in [-0.25, -0.2) is 4.68 Å². The highest BCUT2D eigenvalue weighted by Crippen LogP contribution is 2.20. The number of rotatable bonds is 4. The van der Waals surface area contributed by atoms with Crippen LogP contribution in [0.1, 0.15) is 53.7 Å². The summed E-state index contributed by atoms with van der Waals surface area (Å²) in [6.45, 7) is 13.4. The maximum Gasteiger partial charge on any atom is 0.290 e. The summed E-state index contributed by atoms with van der Waals surface area (Å²) in [4.78, 5) is 12.3. The van der Waals surface area contributed by atoms with E-state index in [0.29, 0.717) is 11.6 Å². The monoisotopic (exact) mass is 253 g/mol. The quantitative estimate of drug-likeness (QED) is 0.896. The number of aromatic nitrogens is 2. The largest absolute Gasteiger partial charge is 0.393 e. The summed E-state index contributed by atoms with van der Waals surface area (Å²) in [7, 11) is 0. The zero-order chi connectivity index (χ0) is 14.1. The predicted octanol–water partition coefficient (Wildman–Crippen LogP) is 2.60. The number of nitrogen functional groups attached to an aromatic ring is 1. The van der Waals surface area contributed by atoms with E-state index in [2.05, 4.69) is 25.5 Å². The Hall–Kier alpha value is -1.19. The second-order valence-electron chi connectivity index (χ2n) is 6.37. The van der Waals surface area contributed by atoms with Gasteiger partial charge in [0.25, 0.3) is 5.56 Å². The van der Waals surface area contributed by atoms with E-state index < -0.39 is 0 Å². The van der Waals surface area contributed by atoms with Crippen LogP contribution in [0.4, 0.5) is 5.69 Å². The molecule has 2 N–H and O–H groups in total. The SMILES string of the molecule is CCCn1c(CC(C)C)c(N)c(=O)n1C(C)(C)C. The first kappa shape index (κ1) is 14.9. The molecule has 0 saturated carbocycles. The molecule has 4 heteroatoms. The minimum absolute atomic E-state index is 0.0494.